The average molecular weight is 290 g/mol. The van der Waals surface area contributed by atoms with E-state index in [0.717, 1.165) is 12.0 Å². The van der Waals surface area contributed by atoms with Gasteiger partial charge in [-0.05, 0) is 17.9 Å². The zero-order valence-corrected chi connectivity index (χ0v) is 11.8. The number of rotatable bonds is 5. The standard InChI is InChI=1S/C15H18N2O4/c1-10-7-12(10)14(19)21-9-13(18)17-15(20)16-8-11-5-3-2-4-6-11/h2-6,10,12H,7-9H2,1H3,(H2,16,17,18,20)/t10-,12-/m0/s1. The van der Waals surface area contributed by atoms with E-state index in [1.54, 1.807) is 0 Å². The number of ether oxygens (including phenoxy) is 1. The van der Waals surface area contributed by atoms with Crippen LogP contribution in [0.1, 0.15) is 18.9 Å². The Bertz CT molecular complexity index is 530. The number of hydrogen-bond acceptors (Lipinski definition) is 4. The number of esters is 1. The van der Waals surface area contributed by atoms with Gasteiger partial charge in [0.25, 0.3) is 5.91 Å². The largest absolute Gasteiger partial charge is 0.455 e. The van der Waals surface area contributed by atoms with Gasteiger partial charge in [-0.15, -0.1) is 0 Å². The molecule has 112 valence electrons. The number of carbonyl (C=O) groups excluding carboxylic acids is 3. The van der Waals surface area contributed by atoms with Crippen molar-refractivity contribution in [2.75, 3.05) is 6.61 Å². The van der Waals surface area contributed by atoms with Crippen molar-refractivity contribution in [3.05, 3.63) is 35.9 Å². The molecule has 6 heteroatoms. The predicted molar refractivity (Wildman–Crippen MR) is 75.1 cm³/mol. The summed E-state index contributed by atoms with van der Waals surface area (Å²) in [4.78, 5) is 34.3. The molecule has 21 heavy (non-hydrogen) atoms. The summed E-state index contributed by atoms with van der Waals surface area (Å²) < 4.78 is 4.83. The smallest absolute Gasteiger partial charge is 0.321 e. The molecule has 0 radical (unpaired) electrons. The van der Waals surface area contributed by atoms with Gasteiger partial charge in [0, 0.05) is 6.54 Å². The lowest BCUT2D eigenvalue weighted by Gasteiger charge is -2.07. The monoisotopic (exact) mass is 290 g/mol. The van der Waals surface area contributed by atoms with E-state index in [2.05, 4.69) is 10.6 Å². The summed E-state index contributed by atoms with van der Waals surface area (Å²) in [5, 5.41) is 4.66. The molecule has 2 rings (SSSR count). The SMILES string of the molecule is C[C@H]1C[C@@H]1C(=O)OCC(=O)NC(=O)NCc1ccccc1. The first-order chi connectivity index (χ1) is 10.1. The normalized spacial score (nSPS) is 19.5. The van der Waals surface area contributed by atoms with E-state index in [1.165, 1.54) is 0 Å². The van der Waals surface area contributed by atoms with E-state index < -0.39 is 18.5 Å². The molecule has 1 aliphatic carbocycles. The van der Waals surface area contributed by atoms with Crippen molar-refractivity contribution in [1.82, 2.24) is 10.6 Å². The Morgan fingerprint density at radius 1 is 1.24 bits per heavy atom. The molecule has 1 aliphatic rings. The third kappa shape index (κ3) is 4.91. The van der Waals surface area contributed by atoms with Crippen LogP contribution in [0, 0.1) is 11.8 Å². The fourth-order valence-corrected chi connectivity index (χ4v) is 1.88. The van der Waals surface area contributed by atoms with Crippen LogP contribution in [0.5, 0.6) is 0 Å². The van der Waals surface area contributed by atoms with E-state index in [0.29, 0.717) is 12.5 Å². The second-order valence-electron chi connectivity index (χ2n) is 5.14. The highest BCUT2D eigenvalue weighted by Gasteiger charge is 2.40. The first kappa shape index (κ1) is 15.0. The molecule has 3 amide bonds. The van der Waals surface area contributed by atoms with Gasteiger partial charge < -0.3 is 10.1 Å². The van der Waals surface area contributed by atoms with Crippen LogP contribution in [0.4, 0.5) is 4.79 Å². The van der Waals surface area contributed by atoms with E-state index in [-0.39, 0.29) is 11.9 Å². The minimum Gasteiger partial charge on any atom is -0.455 e. The van der Waals surface area contributed by atoms with Gasteiger partial charge in [-0.2, -0.15) is 0 Å². The molecule has 6 nitrogen and oxygen atoms in total. The summed E-state index contributed by atoms with van der Waals surface area (Å²) in [6.45, 7) is 1.84. The molecule has 0 aromatic heterocycles. The molecule has 0 unspecified atom stereocenters. The lowest BCUT2D eigenvalue weighted by molar-refractivity contribution is -0.149. The number of imide groups is 1. The van der Waals surface area contributed by atoms with Gasteiger partial charge in [-0.3, -0.25) is 14.9 Å². The number of carbonyl (C=O) groups is 3. The van der Waals surface area contributed by atoms with E-state index >= 15 is 0 Å². The van der Waals surface area contributed by atoms with Crippen LogP contribution in [0.3, 0.4) is 0 Å². The fraction of sp³-hybridized carbons (Fsp3) is 0.400. The average Bonchev–Trinajstić information content (AvgIpc) is 3.21. The maximum absolute atomic E-state index is 11.5. The lowest BCUT2D eigenvalue weighted by atomic mass is 10.2. The summed E-state index contributed by atoms with van der Waals surface area (Å²) in [5.41, 5.74) is 0.925. The second kappa shape index (κ2) is 6.88. The quantitative estimate of drug-likeness (QED) is 0.798. The second-order valence-corrected chi connectivity index (χ2v) is 5.14. The maximum Gasteiger partial charge on any atom is 0.321 e. The van der Waals surface area contributed by atoms with E-state index in [9.17, 15) is 14.4 Å². The summed E-state index contributed by atoms with van der Waals surface area (Å²) in [6, 6.07) is 8.71. The molecule has 1 aromatic rings. The van der Waals surface area contributed by atoms with Crippen molar-refractivity contribution in [3.8, 4) is 0 Å². The van der Waals surface area contributed by atoms with Gasteiger partial charge in [-0.1, -0.05) is 37.3 Å². The number of benzene rings is 1. The van der Waals surface area contributed by atoms with E-state index in [1.807, 2.05) is 37.3 Å². The molecule has 0 saturated heterocycles. The summed E-state index contributed by atoms with van der Waals surface area (Å²) in [7, 11) is 0. The summed E-state index contributed by atoms with van der Waals surface area (Å²) in [6.07, 6.45) is 0.804. The Morgan fingerprint density at radius 3 is 2.52 bits per heavy atom. The third-order valence-corrected chi connectivity index (χ3v) is 3.31. The molecular formula is C15H18N2O4. The Hall–Kier alpha value is -2.37. The highest BCUT2D eigenvalue weighted by atomic mass is 16.5. The molecule has 1 aromatic carbocycles. The Kier molecular flexibility index (Phi) is 4.92. The summed E-state index contributed by atoms with van der Waals surface area (Å²) in [5.74, 6) is -0.774. The van der Waals surface area contributed by atoms with Gasteiger partial charge in [0.05, 0.1) is 5.92 Å². The van der Waals surface area contributed by atoms with Crippen molar-refractivity contribution in [2.45, 2.75) is 19.9 Å². The Balaban J connectivity index is 1.63. The number of amides is 3. The van der Waals surface area contributed by atoms with Crippen molar-refractivity contribution >= 4 is 17.9 Å². The lowest BCUT2D eigenvalue weighted by Crippen LogP contribution is -2.41. The molecule has 2 atom stereocenters. The number of hydrogen-bond donors (Lipinski definition) is 2. The number of nitrogens with one attached hydrogen (secondary N) is 2. The maximum atomic E-state index is 11.5. The number of urea groups is 1. The van der Waals surface area contributed by atoms with Gasteiger partial charge >= 0.3 is 12.0 Å². The highest BCUT2D eigenvalue weighted by Crippen LogP contribution is 2.38. The van der Waals surface area contributed by atoms with E-state index in [4.69, 9.17) is 4.74 Å². The zero-order valence-electron chi connectivity index (χ0n) is 11.8. The molecule has 1 fully saturated rings. The highest BCUT2D eigenvalue weighted by molar-refractivity contribution is 5.95. The summed E-state index contributed by atoms with van der Waals surface area (Å²) >= 11 is 0. The van der Waals surface area contributed by atoms with Crippen LogP contribution in [0.15, 0.2) is 30.3 Å². The van der Waals surface area contributed by atoms with Crippen LogP contribution in [0.2, 0.25) is 0 Å². The van der Waals surface area contributed by atoms with Crippen LogP contribution in [-0.4, -0.2) is 24.5 Å². The first-order valence-electron chi connectivity index (χ1n) is 6.84. The van der Waals surface area contributed by atoms with Crippen molar-refractivity contribution in [2.24, 2.45) is 11.8 Å². The van der Waals surface area contributed by atoms with Gasteiger partial charge in [0.1, 0.15) is 0 Å². The van der Waals surface area contributed by atoms with Crippen LogP contribution < -0.4 is 10.6 Å². The Morgan fingerprint density at radius 2 is 1.90 bits per heavy atom. The minimum absolute atomic E-state index is 0.0929. The molecule has 0 heterocycles. The third-order valence-electron chi connectivity index (χ3n) is 3.31. The minimum atomic E-state index is -0.637. The van der Waals surface area contributed by atoms with Gasteiger partial charge in [0.15, 0.2) is 6.61 Å². The van der Waals surface area contributed by atoms with Gasteiger partial charge in [0.2, 0.25) is 0 Å². The van der Waals surface area contributed by atoms with Gasteiger partial charge in [-0.25, -0.2) is 4.79 Å². The molecule has 0 aliphatic heterocycles. The topological polar surface area (TPSA) is 84.5 Å². The van der Waals surface area contributed by atoms with Crippen molar-refractivity contribution in [3.63, 3.8) is 0 Å². The van der Waals surface area contributed by atoms with Crippen LogP contribution >= 0.6 is 0 Å². The molecule has 2 N–H and O–H groups in total. The molecule has 0 bridgehead atoms. The van der Waals surface area contributed by atoms with Crippen LogP contribution in [-0.2, 0) is 20.9 Å². The predicted octanol–water partition coefficient (Wildman–Crippen LogP) is 1.21. The van der Waals surface area contributed by atoms with Crippen molar-refractivity contribution in [1.29, 1.82) is 0 Å². The molecule has 1 saturated carbocycles. The van der Waals surface area contributed by atoms with Crippen LogP contribution in [0.25, 0.3) is 0 Å². The van der Waals surface area contributed by atoms with Crippen molar-refractivity contribution < 1.29 is 19.1 Å². The fourth-order valence-electron chi connectivity index (χ4n) is 1.88. The Labute approximate surface area is 122 Å². The first-order valence-corrected chi connectivity index (χ1v) is 6.84. The molecular weight excluding hydrogens is 272 g/mol. The molecule has 0 spiro atoms. The zero-order chi connectivity index (χ0) is 15.2.